The van der Waals surface area contributed by atoms with Crippen LogP contribution >= 0.6 is 0 Å². The summed E-state index contributed by atoms with van der Waals surface area (Å²) in [6, 6.07) is 1.35. The number of aromatic nitrogens is 2. The SMILES string of the molecule is Cn1nccc1/C=C/C(=O)NC(CC(=O)O)C(C)(C)C. The van der Waals surface area contributed by atoms with Crippen LogP contribution in [0.3, 0.4) is 0 Å². The molecule has 0 saturated carbocycles. The standard InChI is InChI=1S/C14H21N3O3/c1-14(2,3)11(9-13(19)20)16-12(18)6-5-10-7-8-15-17(10)4/h5-8,11H,9H2,1-4H3,(H,16,18)(H,19,20)/b6-5+. The van der Waals surface area contributed by atoms with Gasteiger partial charge < -0.3 is 10.4 Å². The quantitative estimate of drug-likeness (QED) is 0.799. The van der Waals surface area contributed by atoms with E-state index >= 15 is 0 Å². The normalized spacial score (nSPS) is 13.4. The maximum absolute atomic E-state index is 11.9. The summed E-state index contributed by atoms with van der Waals surface area (Å²) in [6.07, 6.45) is 4.56. The molecule has 0 radical (unpaired) electrons. The lowest BCUT2D eigenvalue weighted by atomic mass is 9.84. The number of carboxylic acids is 1. The fourth-order valence-corrected chi connectivity index (χ4v) is 1.68. The Bertz CT molecular complexity index is 512. The van der Waals surface area contributed by atoms with Gasteiger partial charge in [0.05, 0.1) is 12.1 Å². The van der Waals surface area contributed by atoms with Crippen molar-refractivity contribution in [2.45, 2.75) is 33.2 Å². The average molecular weight is 279 g/mol. The fourth-order valence-electron chi connectivity index (χ4n) is 1.68. The Morgan fingerprint density at radius 3 is 2.60 bits per heavy atom. The van der Waals surface area contributed by atoms with E-state index in [-0.39, 0.29) is 17.7 Å². The minimum atomic E-state index is -0.930. The molecule has 0 spiro atoms. The number of hydrogen-bond acceptors (Lipinski definition) is 3. The highest BCUT2D eigenvalue weighted by molar-refractivity contribution is 5.92. The van der Waals surface area contributed by atoms with Crippen LogP contribution in [0.25, 0.3) is 6.08 Å². The summed E-state index contributed by atoms with van der Waals surface area (Å²) in [7, 11) is 1.78. The van der Waals surface area contributed by atoms with Gasteiger partial charge in [-0.2, -0.15) is 5.10 Å². The first-order chi connectivity index (χ1) is 9.20. The van der Waals surface area contributed by atoms with Crippen LogP contribution in [0.5, 0.6) is 0 Å². The molecule has 110 valence electrons. The number of nitrogens with zero attached hydrogens (tertiary/aromatic N) is 2. The third kappa shape index (κ3) is 4.87. The second-order valence-electron chi connectivity index (χ2n) is 5.74. The van der Waals surface area contributed by atoms with Gasteiger partial charge in [0.2, 0.25) is 5.91 Å². The van der Waals surface area contributed by atoms with Gasteiger partial charge in [-0.3, -0.25) is 14.3 Å². The molecule has 1 rings (SSSR count). The highest BCUT2D eigenvalue weighted by Gasteiger charge is 2.27. The van der Waals surface area contributed by atoms with Gasteiger partial charge in [-0.25, -0.2) is 0 Å². The molecule has 20 heavy (non-hydrogen) atoms. The maximum Gasteiger partial charge on any atom is 0.305 e. The van der Waals surface area contributed by atoms with Crippen LogP contribution in [-0.4, -0.2) is 32.8 Å². The Kier molecular flexibility index (Phi) is 5.07. The monoisotopic (exact) mass is 279 g/mol. The zero-order chi connectivity index (χ0) is 15.3. The highest BCUT2D eigenvalue weighted by atomic mass is 16.4. The number of aryl methyl sites for hydroxylation is 1. The van der Waals surface area contributed by atoms with Crippen molar-refractivity contribution in [2.75, 3.05) is 0 Å². The van der Waals surface area contributed by atoms with Gasteiger partial charge in [0.1, 0.15) is 0 Å². The van der Waals surface area contributed by atoms with E-state index in [2.05, 4.69) is 10.4 Å². The van der Waals surface area contributed by atoms with Crippen molar-refractivity contribution >= 4 is 18.0 Å². The number of aliphatic carboxylic acids is 1. The summed E-state index contributed by atoms with van der Waals surface area (Å²) >= 11 is 0. The van der Waals surface area contributed by atoms with Crippen LogP contribution in [0, 0.1) is 5.41 Å². The molecule has 1 heterocycles. The van der Waals surface area contributed by atoms with Crippen LogP contribution in [-0.2, 0) is 16.6 Å². The summed E-state index contributed by atoms with van der Waals surface area (Å²) in [6.45, 7) is 5.68. The van der Waals surface area contributed by atoms with Gasteiger partial charge in [0.25, 0.3) is 0 Å². The lowest BCUT2D eigenvalue weighted by Crippen LogP contribution is -2.44. The molecule has 1 aromatic heterocycles. The number of carboxylic acid groups (broad SMARTS) is 1. The lowest BCUT2D eigenvalue weighted by Gasteiger charge is -2.29. The van der Waals surface area contributed by atoms with Gasteiger partial charge >= 0.3 is 5.97 Å². The zero-order valence-corrected chi connectivity index (χ0v) is 12.3. The Labute approximate surface area is 118 Å². The molecule has 0 fully saturated rings. The summed E-state index contributed by atoms with van der Waals surface area (Å²) in [4.78, 5) is 22.7. The minimum absolute atomic E-state index is 0.102. The topological polar surface area (TPSA) is 84.2 Å². The molecule has 6 nitrogen and oxygen atoms in total. The molecule has 0 aliphatic rings. The predicted molar refractivity (Wildman–Crippen MR) is 75.9 cm³/mol. The molecule has 1 aromatic rings. The van der Waals surface area contributed by atoms with E-state index in [0.29, 0.717) is 0 Å². The molecule has 1 amide bonds. The van der Waals surface area contributed by atoms with E-state index in [0.717, 1.165) is 5.69 Å². The van der Waals surface area contributed by atoms with E-state index in [1.807, 2.05) is 20.8 Å². The number of hydrogen-bond donors (Lipinski definition) is 2. The molecule has 0 aromatic carbocycles. The molecule has 2 N–H and O–H groups in total. The first-order valence-corrected chi connectivity index (χ1v) is 6.38. The van der Waals surface area contributed by atoms with Crippen molar-refractivity contribution in [3.05, 3.63) is 24.0 Å². The predicted octanol–water partition coefficient (Wildman–Crippen LogP) is 1.44. The zero-order valence-electron chi connectivity index (χ0n) is 12.3. The number of carbonyl (C=O) groups excluding carboxylic acids is 1. The summed E-state index contributed by atoms with van der Waals surface area (Å²) in [5, 5.41) is 15.6. The second kappa shape index (κ2) is 6.36. The Hall–Kier alpha value is -2.11. The molecule has 0 bridgehead atoms. The Morgan fingerprint density at radius 2 is 2.15 bits per heavy atom. The largest absolute Gasteiger partial charge is 0.481 e. The molecular formula is C14H21N3O3. The molecular weight excluding hydrogens is 258 g/mol. The molecule has 0 aliphatic carbocycles. The summed E-state index contributed by atoms with van der Waals surface area (Å²) < 4.78 is 1.64. The first-order valence-electron chi connectivity index (χ1n) is 6.38. The van der Waals surface area contributed by atoms with Crippen molar-refractivity contribution in [3.8, 4) is 0 Å². The number of nitrogens with one attached hydrogen (secondary N) is 1. The van der Waals surface area contributed by atoms with Crippen LogP contribution in [0.1, 0.15) is 32.9 Å². The van der Waals surface area contributed by atoms with Crippen molar-refractivity contribution in [1.29, 1.82) is 0 Å². The molecule has 1 unspecified atom stereocenters. The van der Waals surface area contributed by atoms with Gasteiger partial charge in [0, 0.05) is 25.4 Å². The van der Waals surface area contributed by atoms with Gasteiger partial charge in [0.15, 0.2) is 0 Å². The van der Waals surface area contributed by atoms with Gasteiger partial charge in [-0.05, 0) is 17.6 Å². The molecule has 1 atom stereocenters. The summed E-state index contributed by atoms with van der Waals surface area (Å²) in [5.74, 6) is -1.24. The van der Waals surface area contributed by atoms with E-state index in [9.17, 15) is 9.59 Å². The van der Waals surface area contributed by atoms with Crippen molar-refractivity contribution < 1.29 is 14.7 Å². The molecule has 0 saturated heterocycles. The Balaban J connectivity index is 2.69. The van der Waals surface area contributed by atoms with Crippen molar-refractivity contribution in [1.82, 2.24) is 15.1 Å². The van der Waals surface area contributed by atoms with Crippen LogP contribution in [0.15, 0.2) is 18.3 Å². The third-order valence-electron chi connectivity index (χ3n) is 3.00. The third-order valence-corrected chi connectivity index (χ3v) is 3.00. The number of rotatable bonds is 5. The number of carbonyl (C=O) groups is 2. The van der Waals surface area contributed by atoms with E-state index in [1.54, 1.807) is 30.1 Å². The van der Waals surface area contributed by atoms with Crippen LogP contribution in [0.2, 0.25) is 0 Å². The Morgan fingerprint density at radius 1 is 1.50 bits per heavy atom. The number of amides is 1. The van der Waals surface area contributed by atoms with Crippen molar-refractivity contribution in [3.63, 3.8) is 0 Å². The van der Waals surface area contributed by atoms with E-state index in [4.69, 9.17) is 5.11 Å². The van der Waals surface area contributed by atoms with Crippen LogP contribution < -0.4 is 5.32 Å². The van der Waals surface area contributed by atoms with Gasteiger partial charge in [-0.1, -0.05) is 20.8 Å². The molecule has 0 aliphatic heterocycles. The second-order valence-corrected chi connectivity index (χ2v) is 5.74. The average Bonchev–Trinajstić information content (AvgIpc) is 2.69. The minimum Gasteiger partial charge on any atom is -0.481 e. The highest BCUT2D eigenvalue weighted by Crippen LogP contribution is 2.21. The van der Waals surface area contributed by atoms with Crippen molar-refractivity contribution in [2.24, 2.45) is 12.5 Å². The fraction of sp³-hybridized carbons (Fsp3) is 0.500. The van der Waals surface area contributed by atoms with Crippen LogP contribution in [0.4, 0.5) is 0 Å². The van der Waals surface area contributed by atoms with Gasteiger partial charge in [-0.15, -0.1) is 0 Å². The molecule has 6 heteroatoms. The lowest BCUT2D eigenvalue weighted by molar-refractivity contribution is -0.138. The van der Waals surface area contributed by atoms with E-state index < -0.39 is 12.0 Å². The first kappa shape index (κ1) is 15.9. The smallest absolute Gasteiger partial charge is 0.305 e. The van der Waals surface area contributed by atoms with E-state index in [1.165, 1.54) is 6.08 Å². The summed E-state index contributed by atoms with van der Waals surface area (Å²) in [5.41, 5.74) is 0.472. The maximum atomic E-state index is 11.9.